The number of nitrogen functional groups attached to an aromatic ring is 1. The molecule has 0 aliphatic carbocycles. The van der Waals surface area contributed by atoms with E-state index in [0.717, 1.165) is 11.4 Å². The highest BCUT2D eigenvalue weighted by Gasteiger charge is 2.02. The Morgan fingerprint density at radius 2 is 1.74 bits per heavy atom. The van der Waals surface area contributed by atoms with Crippen LogP contribution in [0.5, 0.6) is 5.75 Å². The Kier molecular flexibility index (Phi) is 4.81. The minimum Gasteiger partial charge on any atom is -0.495 e. The number of anilines is 1. The van der Waals surface area contributed by atoms with Gasteiger partial charge in [-0.25, -0.2) is 0 Å². The average molecular weight is 269 g/mol. The van der Waals surface area contributed by atoms with Gasteiger partial charge in [-0.2, -0.15) is 0 Å². The predicted octanol–water partition coefficient (Wildman–Crippen LogP) is 2.83. The second kappa shape index (κ2) is 6.80. The molecule has 1 atom stereocenters. The van der Waals surface area contributed by atoms with Gasteiger partial charge in [0, 0.05) is 5.69 Å². The summed E-state index contributed by atoms with van der Waals surface area (Å²) in [6.45, 7) is 2.12. The number of hydrogen-bond acceptors (Lipinski definition) is 2. The summed E-state index contributed by atoms with van der Waals surface area (Å²) in [5, 5.41) is 0. The van der Waals surface area contributed by atoms with Gasteiger partial charge >= 0.3 is 0 Å². The van der Waals surface area contributed by atoms with Crippen LogP contribution in [0.15, 0.2) is 60.3 Å². The molecule has 0 aliphatic heterocycles. The van der Waals surface area contributed by atoms with Crippen molar-refractivity contribution in [2.75, 3.05) is 5.73 Å². The molecule has 0 amide bonds. The molecule has 0 heterocycles. The predicted molar refractivity (Wildman–Crippen MR) is 85.0 cm³/mol. The summed E-state index contributed by atoms with van der Waals surface area (Å²) in [5.74, 6) is 0.891. The number of rotatable bonds is 5. The van der Waals surface area contributed by atoms with Crippen molar-refractivity contribution in [3.63, 3.8) is 0 Å². The van der Waals surface area contributed by atoms with E-state index in [1.807, 2.05) is 30.3 Å². The lowest BCUT2D eigenvalue weighted by molar-refractivity contribution is 0.298. The molecular formula is C16H19NOSi. The van der Waals surface area contributed by atoms with Crippen molar-refractivity contribution >= 4 is 21.3 Å². The van der Waals surface area contributed by atoms with Crippen LogP contribution in [-0.4, -0.2) is 15.2 Å². The molecule has 3 heteroatoms. The van der Waals surface area contributed by atoms with Gasteiger partial charge < -0.3 is 10.5 Å². The molecule has 1 unspecified atom stereocenters. The number of nitrogens with two attached hydrogens (primary N) is 1. The summed E-state index contributed by atoms with van der Waals surface area (Å²) in [6, 6.07) is 17.9. The van der Waals surface area contributed by atoms with Gasteiger partial charge in [0.05, 0.1) is 15.2 Å². The maximum Gasteiger partial charge on any atom is 0.119 e. The third kappa shape index (κ3) is 4.64. The fourth-order valence-electron chi connectivity index (χ4n) is 1.79. The fourth-order valence-corrected chi connectivity index (χ4v) is 2.87. The SMILES string of the molecule is CC(Oc1ccc(N)cc1)[SiH2]C=Cc1ccccc1. The second-order valence-electron chi connectivity index (χ2n) is 4.55. The zero-order valence-electron chi connectivity index (χ0n) is 11.1. The summed E-state index contributed by atoms with van der Waals surface area (Å²) in [6.07, 6.45) is 2.18. The molecular weight excluding hydrogens is 250 g/mol. The molecule has 98 valence electrons. The molecule has 0 saturated heterocycles. The van der Waals surface area contributed by atoms with E-state index in [1.165, 1.54) is 5.56 Å². The van der Waals surface area contributed by atoms with Gasteiger partial charge in [0.15, 0.2) is 0 Å². The van der Waals surface area contributed by atoms with Crippen molar-refractivity contribution in [2.45, 2.75) is 12.7 Å². The highest BCUT2D eigenvalue weighted by atomic mass is 28.2. The van der Waals surface area contributed by atoms with Crippen molar-refractivity contribution in [3.05, 3.63) is 65.9 Å². The number of benzene rings is 2. The van der Waals surface area contributed by atoms with Crippen LogP contribution in [0.4, 0.5) is 5.69 Å². The Morgan fingerprint density at radius 3 is 2.42 bits per heavy atom. The van der Waals surface area contributed by atoms with Gasteiger partial charge in [-0.15, -0.1) is 0 Å². The molecule has 0 spiro atoms. The maximum absolute atomic E-state index is 5.86. The number of hydrogen-bond donors (Lipinski definition) is 1. The lowest BCUT2D eigenvalue weighted by Gasteiger charge is -2.12. The van der Waals surface area contributed by atoms with Crippen molar-refractivity contribution in [2.24, 2.45) is 0 Å². The Bertz CT molecular complexity index is 522. The third-order valence-corrected chi connectivity index (χ3v) is 4.13. The lowest BCUT2D eigenvalue weighted by Crippen LogP contribution is -2.18. The van der Waals surface area contributed by atoms with Crippen LogP contribution in [0.25, 0.3) is 6.08 Å². The van der Waals surface area contributed by atoms with Crippen molar-refractivity contribution in [1.29, 1.82) is 0 Å². The van der Waals surface area contributed by atoms with E-state index in [9.17, 15) is 0 Å². The molecule has 0 aromatic heterocycles. The van der Waals surface area contributed by atoms with E-state index < -0.39 is 9.52 Å². The summed E-state index contributed by atoms with van der Waals surface area (Å²) >= 11 is 0. The maximum atomic E-state index is 5.86. The first-order chi connectivity index (χ1) is 9.24. The van der Waals surface area contributed by atoms with Crippen LogP contribution < -0.4 is 10.5 Å². The summed E-state index contributed by atoms with van der Waals surface area (Å²) in [4.78, 5) is 0. The molecule has 2 nitrogen and oxygen atoms in total. The van der Waals surface area contributed by atoms with Crippen LogP contribution in [0.3, 0.4) is 0 Å². The topological polar surface area (TPSA) is 35.2 Å². The Labute approximate surface area is 116 Å². The standard InChI is InChI=1S/C16H19NOSi/c1-13(18-16-9-7-15(17)8-10-16)19-12-11-14-5-3-2-4-6-14/h2-13H,17,19H2,1H3. The molecule has 0 aliphatic rings. The van der Waals surface area contributed by atoms with Gasteiger partial charge in [-0.05, 0) is 36.8 Å². The second-order valence-corrected chi connectivity index (χ2v) is 6.64. The zero-order valence-corrected chi connectivity index (χ0v) is 12.5. The highest BCUT2D eigenvalue weighted by Crippen LogP contribution is 2.14. The molecule has 0 radical (unpaired) electrons. The first kappa shape index (κ1) is 13.4. The number of ether oxygens (including phenoxy) is 1. The molecule has 2 aromatic rings. The molecule has 2 N–H and O–H groups in total. The third-order valence-electron chi connectivity index (χ3n) is 2.80. The minimum absolute atomic E-state index is 0.281. The zero-order chi connectivity index (χ0) is 13.5. The normalized spacial score (nSPS) is 13.1. The monoisotopic (exact) mass is 269 g/mol. The summed E-state index contributed by atoms with van der Waals surface area (Å²) < 4.78 is 5.86. The molecule has 0 fully saturated rings. The van der Waals surface area contributed by atoms with Crippen molar-refractivity contribution in [3.8, 4) is 5.75 Å². The van der Waals surface area contributed by atoms with E-state index >= 15 is 0 Å². The summed E-state index contributed by atoms with van der Waals surface area (Å²) in [7, 11) is -0.396. The Morgan fingerprint density at radius 1 is 1.05 bits per heavy atom. The van der Waals surface area contributed by atoms with Gasteiger partial charge in [0.25, 0.3) is 0 Å². The van der Waals surface area contributed by atoms with E-state index in [4.69, 9.17) is 10.5 Å². The molecule has 0 bridgehead atoms. The van der Waals surface area contributed by atoms with E-state index in [1.54, 1.807) is 0 Å². The van der Waals surface area contributed by atoms with Crippen LogP contribution in [0.2, 0.25) is 0 Å². The minimum atomic E-state index is -0.396. The van der Waals surface area contributed by atoms with Crippen LogP contribution in [0, 0.1) is 0 Å². The van der Waals surface area contributed by atoms with E-state index in [0.29, 0.717) is 0 Å². The smallest absolute Gasteiger partial charge is 0.119 e. The van der Waals surface area contributed by atoms with Gasteiger partial charge in [0.2, 0.25) is 0 Å². The van der Waals surface area contributed by atoms with Crippen LogP contribution in [0.1, 0.15) is 12.5 Å². The summed E-state index contributed by atoms with van der Waals surface area (Å²) in [5.41, 5.74) is 10.2. The first-order valence-corrected chi connectivity index (χ1v) is 8.11. The van der Waals surface area contributed by atoms with E-state index in [-0.39, 0.29) is 5.73 Å². The molecule has 2 aromatic carbocycles. The lowest BCUT2D eigenvalue weighted by atomic mass is 10.2. The highest BCUT2D eigenvalue weighted by molar-refractivity contribution is 6.44. The molecule has 2 rings (SSSR count). The van der Waals surface area contributed by atoms with Gasteiger partial charge in [-0.1, -0.05) is 42.1 Å². The average Bonchev–Trinajstić information content (AvgIpc) is 2.43. The van der Waals surface area contributed by atoms with Crippen molar-refractivity contribution < 1.29 is 4.74 Å². The fraction of sp³-hybridized carbons (Fsp3) is 0.125. The van der Waals surface area contributed by atoms with E-state index in [2.05, 4.69) is 43.0 Å². The van der Waals surface area contributed by atoms with Gasteiger partial charge in [0.1, 0.15) is 5.75 Å². The quantitative estimate of drug-likeness (QED) is 0.669. The van der Waals surface area contributed by atoms with Crippen molar-refractivity contribution in [1.82, 2.24) is 0 Å². The van der Waals surface area contributed by atoms with Crippen LogP contribution >= 0.6 is 0 Å². The first-order valence-electron chi connectivity index (χ1n) is 6.48. The Balaban J connectivity index is 1.83. The largest absolute Gasteiger partial charge is 0.495 e. The molecule has 0 saturated carbocycles. The Hall–Kier alpha value is -2.00. The van der Waals surface area contributed by atoms with Gasteiger partial charge in [-0.3, -0.25) is 0 Å². The molecule has 19 heavy (non-hydrogen) atoms. The van der Waals surface area contributed by atoms with Crippen LogP contribution in [-0.2, 0) is 0 Å².